The normalized spacial score (nSPS) is 15.1. The molecule has 5 heteroatoms. The van der Waals surface area contributed by atoms with Crippen LogP contribution in [0.15, 0.2) is 35.8 Å². The maximum absolute atomic E-state index is 12.8. The van der Waals surface area contributed by atoms with Crippen molar-refractivity contribution in [2.75, 3.05) is 11.9 Å². The van der Waals surface area contributed by atoms with E-state index in [1.807, 2.05) is 12.1 Å². The SMILES string of the molecule is C=C(F)C(=O)Nc1ccc2c(c1)CCC/C2=N\OCCCCC. The van der Waals surface area contributed by atoms with Crippen molar-refractivity contribution in [3.05, 3.63) is 41.7 Å². The summed E-state index contributed by atoms with van der Waals surface area (Å²) in [5.74, 6) is -1.81. The van der Waals surface area contributed by atoms with Crippen LogP contribution in [0, 0.1) is 0 Å². The molecule has 124 valence electrons. The van der Waals surface area contributed by atoms with Crippen LogP contribution in [0.3, 0.4) is 0 Å². The van der Waals surface area contributed by atoms with Gasteiger partial charge in [-0.1, -0.05) is 37.6 Å². The fourth-order valence-corrected chi connectivity index (χ4v) is 2.57. The number of fused-ring (bicyclic) bond motifs is 1. The molecule has 1 aliphatic carbocycles. The monoisotopic (exact) mass is 318 g/mol. The number of aryl methyl sites for hydroxylation is 1. The fraction of sp³-hybridized carbons (Fsp3) is 0.444. The standard InChI is InChI=1S/C18H23FN2O2/c1-3-4-5-11-23-21-17-8-6-7-14-12-15(9-10-16(14)17)20-18(22)13(2)19/h9-10,12H,2-8,11H2,1H3,(H,20,22)/b21-17+. The molecule has 0 saturated heterocycles. The van der Waals surface area contributed by atoms with Crippen LogP contribution in [0.4, 0.5) is 10.1 Å². The molecule has 0 radical (unpaired) electrons. The molecule has 0 spiro atoms. The second kappa shape index (κ2) is 8.46. The van der Waals surface area contributed by atoms with Gasteiger partial charge in [0.2, 0.25) is 0 Å². The highest BCUT2D eigenvalue weighted by Gasteiger charge is 2.17. The molecule has 23 heavy (non-hydrogen) atoms. The lowest BCUT2D eigenvalue weighted by molar-refractivity contribution is -0.114. The van der Waals surface area contributed by atoms with E-state index in [1.165, 1.54) is 0 Å². The van der Waals surface area contributed by atoms with Gasteiger partial charge in [-0.2, -0.15) is 0 Å². The van der Waals surface area contributed by atoms with Gasteiger partial charge < -0.3 is 10.2 Å². The third-order valence-corrected chi connectivity index (χ3v) is 3.79. The summed E-state index contributed by atoms with van der Waals surface area (Å²) in [5.41, 5.74) is 3.64. The van der Waals surface area contributed by atoms with Gasteiger partial charge in [-0.3, -0.25) is 4.79 Å². The average Bonchev–Trinajstić information content (AvgIpc) is 2.54. The smallest absolute Gasteiger partial charge is 0.283 e. The number of nitrogens with zero attached hydrogens (tertiary/aromatic N) is 1. The molecule has 0 heterocycles. The highest BCUT2D eigenvalue weighted by molar-refractivity contribution is 6.04. The van der Waals surface area contributed by atoms with Crippen molar-refractivity contribution in [2.24, 2.45) is 5.16 Å². The Bertz CT molecular complexity index is 611. The molecule has 1 aromatic carbocycles. The summed E-state index contributed by atoms with van der Waals surface area (Å²) in [6.45, 7) is 5.78. The minimum atomic E-state index is -0.995. The number of anilines is 1. The second-order valence-corrected chi connectivity index (χ2v) is 5.66. The van der Waals surface area contributed by atoms with Gasteiger partial charge in [-0.25, -0.2) is 4.39 Å². The Balaban J connectivity index is 2.06. The molecule has 0 fully saturated rings. The van der Waals surface area contributed by atoms with Crippen LogP contribution in [0.2, 0.25) is 0 Å². The van der Waals surface area contributed by atoms with Crippen molar-refractivity contribution in [2.45, 2.75) is 45.4 Å². The van der Waals surface area contributed by atoms with E-state index in [1.54, 1.807) is 6.07 Å². The van der Waals surface area contributed by atoms with Gasteiger partial charge in [-0.15, -0.1) is 0 Å². The minimum Gasteiger partial charge on any atom is -0.396 e. The number of hydrogen-bond acceptors (Lipinski definition) is 3. The minimum absolute atomic E-state index is 0.567. The molecule has 0 aliphatic heterocycles. The summed E-state index contributed by atoms with van der Waals surface area (Å²) in [6.07, 6.45) is 6.08. The van der Waals surface area contributed by atoms with Crippen molar-refractivity contribution in [3.63, 3.8) is 0 Å². The van der Waals surface area contributed by atoms with Crippen LogP contribution in [0.5, 0.6) is 0 Å². The summed E-state index contributed by atoms with van der Waals surface area (Å²) >= 11 is 0. The number of unbranched alkanes of at least 4 members (excludes halogenated alkanes) is 2. The largest absolute Gasteiger partial charge is 0.396 e. The maximum atomic E-state index is 12.8. The van der Waals surface area contributed by atoms with Gasteiger partial charge in [-0.05, 0) is 43.4 Å². The lowest BCUT2D eigenvalue weighted by atomic mass is 9.90. The fourth-order valence-electron chi connectivity index (χ4n) is 2.57. The van der Waals surface area contributed by atoms with Crippen LogP contribution in [-0.4, -0.2) is 18.2 Å². The zero-order valence-electron chi connectivity index (χ0n) is 13.5. The molecule has 4 nitrogen and oxygen atoms in total. The van der Waals surface area contributed by atoms with Gasteiger partial charge in [0.1, 0.15) is 6.61 Å². The topological polar surface area (TPSA) is 50.7 Å². The summed E-state index contributed by atoms with van der Waals surface area (Å²) in [5, 5.41) is 6.76. The molecule has 2 rings (SSSR count). The lowest BCUT2D eigenvalue weighted by Gasteiger charge is -2.18. The van der Waals surface area contributed by atoms with Crippen LogP contribution >= 0.6 is 0 Å². The Morgan fingerprint density at radius 3 is 2.96 bits per heavy atom. The van der Waals surface area contributed by atoms with Crippen LogP contribution in [-0.2, 0) is 16.1 Å². The molecule has 1 amide bonds. The number of oxime groups is 1. The van der Waals surface area contributed by atoms with Crippen LogP contribution in [0.25, 0.3) is 0 Å². The Morgan fingerprint density at radius 1 is 1.39 bits per heavy atom. The molecule has 0 atom stereocenters. The van der Waals surface area contributed by atoms with Crippen molar-refractivity contribution < 1.29 is 14.0 Å². The quantitative estimate of drug-likeness (QED) is 0.461. The van der Waals surface area contributed by atoms with Gasteiger partial charge in [0.15, 0.2) is 5.83 Å². The van der Waals surface area contributed by atoms with E-state index in [0.717, 1.165) is 55.4 Å². The predicted molar refractivity (Wildman–Crippen MR) is 90.3 cm³/mol. The van der Waals surface area contributed by atoms with Gasteiger partial charge in [0.05, 0.1) is 5.71 Å². The number of benzene rings is 1. The van der Waals surface area contributed by atoms with Crippen LogP contribution < -0.4 is 5.32 Å². The summed E-state index contributed by atoms with van der Waals surface area (Å²) in [7, 11) is 0. The Hall–Kier alpha value is -2.17. The first-order valence-electron chi connectivity index (χ1n) is 8.09. The molecule has 1 aliphatic rings. The molecule has 1 N–H and O–H groups in total. The first-order valence-corrected chi connectivity index (χ1v) is 8.09. The van der Waals surface area contributed by atoms with Gasteiger partial charge in [0.25, 0.3) is 5.91 Å². The maximum Gasteiger partial charge on any atom is 0.283 e. The van der Waals surface area contributed by atoms with E-state index in [2.05, 4.69) is 24.0 Å². The number of hydrogen-bond donors (Lipinski definition) is 1. The highest BCUT2D eigenvalue weighted by atomic mass is 19.1. The molecular formula is C18H23FN2O2. The Kier molecular flexibility index (Phi) is 6.32. The molecule has 0 unspecified atom stereocenters. The first-order chi connectivity index (χ1) is 11.1. The zero-order chi connectivity index (χ0) is 16.7. The van der Waals surface area contributed by atoms with E-state index in [9.17, 15) is 9.18 Å². The summed E-state index contributed by atoms with van der Waals surface area (Å²) in [6, 6.07) is 5.51. The predicted octanol–water partition coefficient (Wildman–Crippen LogP) is 4.36. The number of amides is 1. The molecule has 1 aromatic rings. The van der Waals surface area contributed by atoms with Crippen molar-refractivity contribution in [1.29, 1.82) is 0 Å². The number of halogens is 1. The zero-order valence-corrected chi connectivity index (χ0v) is 13.5. The number of rotatable bonds is 7. The third kappa shape index (κ3) is 4.91. The highest BCUT2D eigenvalue weighted by Crippen LogP contribution is 2.25. The number of carbonyl (C=O) groups excluding carboxylic acids is 1. The van der Waals surface area contributed by atoms with Crippen molar-refractivity contribution in [3.8, 4) is 0 Å². The van der Waals surface area contributed by atoms with Crippen molar-refractivity contribution in [1.82, 2.24) is 0 Å². The van der Waals surface area contributed by atoms with E-state index in [-0.39, 0.29) is 0 Å². The molecule has 0 bridgehead atoms. The first kappa shape index (κ1) is 17.2. The van der Waals surface area contributed by atoms with Gasteiger partial charge >= 0.3 is 0 Å². The molecule has 0 saturated carbocycles. The number of nitrogens with one attached hydrogen (secondary N) is 1. The summed E-state index contributed by atoms with van der Waals surface area (Å²) < 4.78 is 12.8. The number of carbonyl (C=O) groups is 1. The second-order valence-electron chi connectivity index (χ2n) is 5.66. The Morgan fingerprint density at radius 2 is 2.22 bits per heavy atom. The van der Waals surface area contributed by atoms with E-state index in [4.69, 9.17) is 4.84 Å². The van der Waals surface area contributed by atoms with Crippen LogP contribution in [0.1, 0.15) is 50.2 Å². The van der Waals surface area contributed by atoms with E-state index >= 15 is 0 Å². The summed E-state index contributed by atoms with van der Waals surface area (Å²) in [4.78, 5) is 16.8. The van der Waals surface area contributed by atoms with Gasteiger partial charge in [0, 0.05) is 11.3 Å². The van der Waals surface area contributed by atoms with E-state index in [0.29, 0.717) is 12.3 Å². The molecular weight excluding hydrogens is 295 g/mol. The van der Waals surface area contributed by atoms with Crippen molar-refractivity contribution >= 4 is 17.3 Å². The molecule has 0 aromatic heterocycles. The Labute approximate surface area is 136 Å². The third-order valence-electron chi connectivity index (χ3n) is 3.79. The average molecular weight is 318 g/mol. The van der Waals surface area contributed by atoms with E-state index < -0.39 is 11.7 Å². The lowest BCUT2D eigenvalue weighted by Crippen LogP contribution is -2.15.